The van der Waals surface area contributed by atoms with E-state index in [4.69, 9.17) is 5.11 Å². The third-order valence-electron chi connectivity index (χ3n) is 2.16. The number of urea groups is 1. The number of carbonyl (C=O) groups excluding carboxylic acids is 1. The van der Waals surface area contributed by atoms with Crippen molar-refractivity contribution in [2.24, 2.45) is 0 Å². The van der Waals surface area contributed by atoms with Gasteiger partial charge in [0.1, 0.15) is 6.54 Å². The van der Waals surface area contributed by atoms with Crippen LogP contribution in [-0.2, 0) is 11.3 Å². The van der Waals surface area contributed by atoms with Gasteiger partial charge in [0.25, 0.3) is 0 Å². The Labute approximate surface area is 109 Å². The molecule has 18 heavy (non-hydrogen) atoms. The van der Waals surface area contributed by atoms with E-state index < -0.39 is 5.97 Å². The number of aliphatic carboxylic acids is 1. The van der Waals surface area contributed by atoms with Crippen LogP contribution in [0, 0.1) is 0 Å². The van der Waals surface area contributed by atoms with Gasteiger partial charge in [-0.2, -0.15) is 0 Å². The molecule has 98 valence electrons. The molecule has 2 amide bonds. The SMILES string of the molecule is C=CCN(CC(=O)O)C(=O)N(C)Cc1cscn1. The van der Waals surface area contributed by atoms with Crippen LogP contribution in [0.2, 0.25) is 0 Å². The molecule has 0 atom stereocenters. The minimum absolute atomic E-state index is 0.201. The van der Waals surface area contributed by atoms with Crippen molar-refractivity contribution in [3.8, 4) is 0 Å². The molecule has 0 radical (unpaired) electrons. The number of rotatable bonds is 6. The Morgan fingerprint density at radius 2 is 2.33 bits per heavy atom. The molecule has 1 heterocycles. The van der Waals surface area contributed by atoms with Crippen molar-refractivity contribution in [3.05, 3.63) is 29.2 Å². The van der Waals surface area contributed by atoms with E-state index in [2.05, 4.69) is 11.6 Å². The molecule has 7 heteroatoms. The molecule has 0 bridgehead atoms. The fourth-order valence-electron chi connectivity index (χ4n) is 1.40. The molecule has 0 spiro atoms. The summed E-state index contributed by atoms with van der Waals surface area (Å²) in [5.74, 6) is -1.05. The van der Waals surface area contributed by atoms with Crippen LogP contribution in [0.15, 0.2) is 23.5 Å². The molecule has 0 fully saturated rings. The Balaban J connectivity index is 2.63. The van der Waals surface area contributed by atoms with E-state index in [-0.39, 0.29) is 19.1 Å². The summed E-state index contributed by atoms with van der Waals surface area (Å²) < 4.78 is 0. The molecule has 1 N–H and O–H groups in total. The van der Waals surface area contributed by atoms with Gasteiger partial charge >= 0.3 is 12.0 Å². The zero-order valence-corrected chi connectivity index (χ0v) is 10.9. The summed E-state index contributed by atoms with van der Waals surface area (Å²) in [5, 5.41) is 10.6. The normalized spacial score (nSPS) is 9.83. The van der Waals surface area contributed by atoms with Crippen LogP contribution in [0.1, 0.15) is 5.69 Å². The number of thiazole rings is 1. The Morgan fingerprint density at radius 3 is 2.83 bits per heavy atom. The first-order chi connectivity index (χ1) is 8.54. The molecule has 1 rings (SSSR count). The minimum Gasteiger partial charge on any atom is -0.480 e. The highest BCUT2D eigenvalue weighted by molar-refractivity contribution is 7.07. The predicted molar refractivity (Wildman–Crippen MR) is 68.4 cm³/mol. The Hall–Kier alpha value is -1.89. The van der Waals surface area contributed by atoms with Gasteiger partial charge in [-0.3, -0.25) is 4.79 Å². The smallest absolute Gasteiger partial charge is 0.323 e. The summed E-state index contributed by atoms with van der Waals surface area (Å²) in [6.07, 6.45) is 1.50. The second-order valence-electron chi connectivity index (χ2n) is 3.68. The average molecular weight is 269 g/mol. The van der Waals surface area contributed by atoms with Gasteiger partial charge in [0.2, 0.25) is 0 Å². The molecule has 1 aromatic rings. The van der Waals surface area contributed by atoms with E-state index in [0.717, 1.165) is 5.69 Å². The fraction of sp³-hybridized carbons (Fsp3) is 0.364. The maximum Gasteiger partial charge on any atom is 0.323 e. The Morgan fingerprint density at radius 1 is 1.61 bits per heavy atom. The highest BCUT2D eigenvalue weighted by Crippen LogP contribution is 2.06. The maximum atomic E-state index is 12.0. The van der Waals surface area contributed by atoms with Crippen LogP contribution in [0.5, 0.6) is 0 Å². The fourth-order valence-corrected chi connectivity index (χ4v) is 1.95. The van der Waals surface area contributed by atoms with E-state index in [9.17, 15) is 9.59 Å². The summed E-state index contributed by atoms with van der Waals surface area (Å²) in [7, 11) is 1.61. The van der Waals surface area contributed by atoms with Crippen molar-refractivity contribution in [1.82, 2.24) is 14.8 Å². The molecule has 1 aromatic heterocycles. The zero-order chi connectivity index (χ0) is 13.5. The lowest BCUT2D eigenvalue weighted by molar-refractivity contribution is -0.137. The molecule has 0 aromatic carbocycles. The van der Waals surface area contributed by atoms with Crippen molar-refractivity contribution in [2.75, 3.05) is 20.1 Å². The van der Waals surface area contributed by atoms with E-state index >= 15 is 0 Å². The molecule has 6 nitrogen and oxygen atoms in total. The van der Waals surface area contributed by atoms with Gasteiger partial charge in [-0.15, -0.1) is 17.9 Å². The Kier molecular flexibility index (Phi) is 5.31. The van der Waals surface area contributed by atoms with Crippen molar-refractivity contribution in [1.29, 1.82) is 0 Å². The van der Waals surface area contributed by atoms with Crippen molar-refractivity contribution in [3.63, 3.8) is 0 Å². The summed E-state index contributed by atoms with van der Waals surface area (Å²) in [5.41, 5.74) is 2.47. The van der Waals surface area contributed by atoms with Crippen LogP contribution in [0.4, 0.5) is 4.79 Å². The molecule has 0 aliphatic rings. The van der Waals surface area contributed by atoms with Crippen LogP contribution >= 0.6 is 11.3 Å². The molecular weight excluding hydrogens is 254 g/mol. The number of nitrogens with zero attached hydrogens (tertiary/aromatic N) is 3. The number of carbonyl (C=O) groups is 2. The van der Waals surface area contributed by atoms with Gasteiger partial charge in [0, 0.05) is 19.0 Å². The van der Waals surface area contributed by atoms with E-state index in [1.807, 2.05) is 5.38 Å². The molecule has 0 aliphatic carbocycles. The molecule has 0 saturated carbocycles. The molecule has 0 saturated heterocycles. The third-order valence-corrected chi connectivity index (χ3v) is 2.79. The topological polar surface area (TPSA) is 73.7 Å². The van der Waals surface area contributed by atoms with Crippen LogP contribution in [0.25, 0.3) is 0 Å². The summed E-state index contributed by atoms with van der Waals surface area (Å²) in [6.45, 7) is 3.73. The molecular formula is C11H15N3O3S. The van der Waals surface area contributed by atoms with Gasteiger partial charge in [-0.05, 0) is 0 Å². The van der Waals surface area contributed by atoms with E-state index in [1.165, 1.54) is 27.2 Å². The van der Waals surface area contributed by atoms with Crippen molar-refractivity contribution < 1.29 is 14.7 Å². The van der Waals surface area contributed by atoms with Crippen LogP contribution in [0.3, 0.4) is 0 Å². The lowest BCUT2D eigenvalue weighted by Gasteiger charge is -2.25. The first-order valence-corrected chi connectivity index (χ1v) is 6.18. The average Bonchev–Trinajstić information content (AvgIpc) is 2.79. The van der Waals surface area contributed by atoms with Gasteiger partial charge in [-0.25, -0.2) is 9.78 Å². The number of hydrogen-bond acceptors (Lipinski definition) is 4. The monoisotopic (exact) mass is 269 g/mol. The van der Waals surface area contributed by atoms with Crippen LogP contribution < -0.4 is 0 Å². The van der Waals surface area contributed by atoms with Gasteiger partial charge in [-0.1, -0.05) is 6.08 Å². The van der Waals surface area contributed by atoms with E-state index in [0.29, 0.717) is 6.54 Å². The van der Waals surface area contributed by atoms with Crippen LogP contribution in [-0.4, -0.2) is 52.0 Å². The number of hydrogen-bond donors (Lipinski definition) is 1. The lowest BCUT2D eigenvalue weighted by atomic mass is 10.4. The highest BCUT2D eigenvalue weighted by Gasteiger charge is 2.19. The first kappa shape index (κ1) is 14.2. The van der Waals surface area contributed by atoms with Crippen molar-refractivity contribution in [2.45, 2.75) is 6.54 Å². The first-order valence-electron chi connectivity index (χ1n) is 5.24. The standard InChI is InChI=1S/C11H15N3O3S/c1-3-4-14(6-10(15)16)11(17)13(2)5-9-7-18-8-12-9/h3,7-8H,1,4-6H2,2H3,(H,15,16). The second-order valence-corrected chi connectivity index (χ2v) is 4.40. The van der Waals surface area contributed by atoms with Crippen molar-refractivity contribution >= 4 is 23.3 Å². The largest absolute Gasteiger partial charge is 0.480 e. The lowest BCUT2D eigenvalue weighted by Crippen LogP contribution is -2.43. The van der Waals surface area contributed by atoms with Gasteiger partial charge in [0.05, 0.1) is 17.7 Å². The number of carboxylic acid groups (broad SMARTS) is 1. The quantitative estimate of drug-likeness (QED) is 0.789. The molecule has 0 aliphatic heterocycles. The number of carboxylic acids is 1. The molecule has 0 unspecified atom stereocenters. The zero-order valence-electron chi connectivity index (χ0n) is 10.1. The van der Waals surface area contributed by atoms with Gasteiger partial charge < -0.3 is 14.9 Å². The number of amides is 2. The number of aromatic nitrogens is 1. The second kappa shape index (κ2) is 6.75. The predicted octanol–water partition coefficient (Wildman–Crippen LogP) is 1.27. The van der Waals surface area contributed by atoms with Gasteiger partial charge in [0.15, 0.2) is 0 Å². The minimum atomic E-state index is -1.05. The third kappa shape index (κ3) is 4.17. The highest BCUT2D eigenvalue weighted by atomic mass is 32.1. The maximum absolute atomic E-state index is 12.0. The van der Waals surface area contributed by atoms with E-state index in [1.54, 1.807) is 12.6 Å². The summed E-state index contributed by atoms with van der Waals surface area (Å²) >= 11 is 1.45. The summed E-state index contributed by atoms with van der Waals surface area (Å²) in [6, 6.07) is -0.356. The summed E-state index contributed by atoms with van der Waals surface area (Å²) in [4.78, 5) is 29.4. The Bertz CT molecular complexity index is 419.